The van der Waals surface area contributed by atoms with Gasteiger partial charge in [0.1, 0.15) is 5.76 Å². The van der Waals surface area contributed by atoms with Gasteiger partial charge in [0.2, 0.25) is 5.89 Å². The molecule has 0 spiro atoms. The third-order valence-corrected chi connectivity index (χ3v) is 5.77. The van der Waals surface area contributed by atoms with Crippen LogP contribution in [0.5, 0.6) is 0 Å². The van der Waals surface area contributed by atoms with Crippen molar-refractivity contribution in [3.8, 4) is 11.5 Å². The molecule has 0 aliphatic carbocycles. The summed E-state index contributed by atoms with van der Waals surface area (Å²) >= 11 is 0. The number of aromatic nitrogens is 1. The molecule has 1 amide bonds. The van der Waals surface area contributed by atoms with Gasteiger partial charge in [0, 0.05) is 30.6 Å². The lowest BCUT2D eigenvalue weighted by atomic mass is 10.0. The predicted octanol–water partition coefficient (Wildman–Crippen LogP) is 4.55. The Kier molecular flexibility index (Phi) is 6.60. The first-order valence-electron chi connectivity index (χ1n) is 10.6. The lowest BCUT2D eigenvalue weighted by Gasteiger charge is -2.24. The first-order chi connectivity index (χ1) is 15.1. The van der Waals surface area contributed by atoms with Crippen molar-refractivity contribution < 1.29 is 14.4 Å². The van der Waals surface area contributed by atoms with E-state index in [0.29, 0.717) is 11.9 Å². The standard InChI is InChI=1S/C25H27N3O3/c1-18-22(26-25(31-18)21-6-3-2-4-7-21)15-17-28-16-5-8-23(28)20-12-9-19(10-13-20)11-14-24(29)27-30/h2-4,6-7,9-14,23,30H,5,8,15-17H2,1H3,(H,27,29). The van der Waals surface area contributed by atoms with Crippen LogP contribution >= 0.6 is 0 Å². The van der Waals surface area contributed by atoms with Crippen molar-refractivity contribution in [2.45, 2.75) is 32.2 Å². The number of amides is 1. The van der Waals surface area contributed by atoms with Crippen molar-refractivity contribution in [2.75, 3.05) is 13.1 Å². The number of aryl methyl sites for hydroxylation is 1. The average molecular weight is 418 g/mol. The Morgan fingerprint density at radius 3 is 2.74 bits per heavy atom. The van der Waals surface area contributed by atoms with E-state index < -0.39 is 5.91 Å². The number of hydrogen-bond acceptors (Lipinski definition) is 5. The molecule has 0 radical (unpaired) electrons. The third kappa shape index (κ3) is 5.10. The minimum atomic E-state index is -0.537. The van der Waals surface area contributed by atoms with Crippen molar-refractivity contribution in [1.29, 1.82) is 0 Å². The van der Waals surface area contributed by atoms with Crippen molar-refractivity contribution >= 4 is 12.0 Å². The van der Waals surface area contributed by atoms with Crippen LogP contribution in [0.4, 0.5) is 0 Å². The molecule has 3 aromatic rings. The summed E-state index contributed by atoms with van der Waals surface area (Å²) < 4.78 is 5.91. The molecule has 1 saturated heterocycles. The molecule has 1 aliphatic heterocycles. The number of oxazole rings is 1. The van der Waals surface area contributed by atoms with Gasteiger partial charge in [0.15, 0.2) is 0 Å². The number of carbonyl (C=O) groups is 1. The maximum Gasteiger partial charge on any atom is 0.267 e. The highest BCUT2D eigenvalue weighted by Gasteiger charge is 2.26. The lowest BCUT2D eigenvalue weighted by molar-refractivity contribution is -0.124. The van der Waals surface area contributed by atoms with E-state index >= 15 is 0 Å². The van der Waals surface area contributed by atoms with Crippen molar-refractivity contribution in [3.05, 3.63) is 83.3 Å². The summed E-state index contributed by atoms with van der Waals surface area (Å²) in [6.45, 7) is 4.00. The van der Waals surface area contributed by atoms with Crippen molar-refractivity contribution in [1.82, 2.24) is 15.4 Å². The Morgan fingerprint density at radius 2 is 2.00 bits per heavy atom. The molecule has 160 valence electrons. The normalized spacial score (nSPS) is 16.8. The molecule has 1 unspecified atom stereocenters. The molecule has 2 N–H and O–H groups in total. The van der Waals surface area contributed by atoms with Gasteiger partial charge < -0.3 is 4.42 Å². The van der Waals surface area contributed by atoms with Gasteiger partial charge in [-0.05, 0) is 55.6 Å². The SMILES string of the molecule is Cc1oc(-c2ccccc2)nc1CCN1CCCC1c1ccc(C=CC(=O)NO)cc1. The van der Waals surface area contributed by atoms with Gasteiger partial charge in [-0.3, -0.25) is 14.9 Å². The topological polar surface area (TPSA) is 78.6 Å². The predicted molar refractivity (Wildman–Crippen MR) is 119 cm³/mol. The minimum Gasteiger partial charge on any atom is -0.441 e. The van der Waals surface area contributed by atoms with E-state index in [1.165, 1.54) is 18.1 Å². The number of nitrogens with one attached hydrogen (secondary N) is 1. The fourth-order valence-electron chi connectivity index (χ4n) is 4.12. The molecule has 0 saturated carbocycles. The summed E-state index contributed by atoms with van der Waals surface area (Å²) in [4.78, 5) is 18.4. The van der Waals surface area contributed by atoms with E-state index in [2.05, 4.69) is 17.0 Å². The van der Waals surface area contributed by atoms with Crippen LogP contribution in [0, 0.1) is 6.92 Å². The van der Waals surface area contributed by atoms with Crippen LogP contribution in [0.3, 0.4) is 0 Å². The van der Waals surface area contributed by atoms with Crippen LogP contribution in [0.25, 0.3) is 17.5 Å². The summed E-state index contributed by atoms with van der Waals surface area (Å²) in [6.07, 6.45) is 6.15. The van der Waals surface area contributed by atoms with E-state index in [9.17, 15) is 4.79 Å². The van der Waals surface area contributed by atoms with Gasteiger partial charge >= 0.3 is 0 Å². The Labute approximate surface area is 182 Å². The molecule has 1 aliphatic rings. The number of benzene rings is 2. The number of hydrogen-bond donors (Lipinski definition) is 2. The molecule has 2 heterocycles. The summed E-state index contributed by atoms with van der Waals surface area (Å²) in [5.74, 6) is 1.03. The summed E-state index contributed by atoms with van der Waals surface area (Å²) in [6, 6.07) is 18.6. The molecule has 4 rings (SSSR count). The van der Waals surface area contributed by atoms with Gasteiger partial charge in [0.25, 0.3) is 5.91 Å². The fraction of sp³-hybridized carbons (Fsp3) is 0.280. The van der Waals surface area contributed by atoms with E-state index in [4.69, 9.17) is 14.6 Å². The van der Waals surface area contributed by atoms with Gasteiger partial charge in [-0.1, -0.05) is 42.5 Å². The smallest absolute Gasteiger partial charge is 0.267 e. The molecule has 2 aromatic carbocycles. The number of nitrogens with zero attached hydrogens (tertiary/aromatic N) is 2. The van der Waals surface area contributed by atoms with Crippen LogP contribution < -0.4 is 5.48 Å². The molecule has 31 heavy (non-hydrogen) atoms. The zero-order valence-electron chi connectivity index (χ0n) is 17.6. The quantitative estimate of drug-likeness (QED) is 0.335. The highest BCUT2D eigenvalue weighted by atomic mass is 16.5. The summed E-state index contributed by atoms with van der Waals surface area (Å²) in [5.41, 5.74) is 5.82. The molecule has 1 aromatic heterocycles. The van der Waals surface area contributed by atoms with Crippen LogP contribution in [0.1, 0.15) is 41.5 Å². The number of carbonyl (C=O) groups excluding carboxylic acids is 1. The Balaban J connectivity index is 1.40. The maximum atomic E-state index is 11.1. The lowest BCUT2D eigenvalue weighted by Crippen LogP contribution is -2.26. The molecule has 6 heteroatoms. The Bertz CT molecular complexity index is 1040. The van der Waals surface area contributed by atoms with Gasteiger partial charge in [-0.2, -0.15) is 0 Å². The third-order valence-electron chi connectivity index (χ3n) is 5.77. The van der Waals surface area contributed by atoms with Gasteiger partial charge in [0.05, 0.1) is 5.69 Å². The minimum absolute atomic E-state index is 0.388. The number of hydroxylamine groups is 1. The van der Waals surface area contributed by atoms with E-state index in [1.807, 2.05) is 49.4 Å². The molecular formula is C25H27N3O3. The van der Waals surface area contributed by atoms with Crippen molar-refractivity contribution in [3.63, 3.8) is 0 Å². The molecule has 0 bridgehead atoms. The van der Waals surface area contributed by atoms with E-state index in [1.54, 1.807) is 11.6 Å². The Morgan fingerprint density at radius 1 is 1.23 bits per heavy atom. The van der Waals surface area contributed by atoms with Crippen LogP contribution in [-0.4, -0.2) is 34.1 Å². The summed E-state index contributed by atoms with van der Waals surface area (Å²) in [5, 5.41) is 8.57. The number of rotatable bonds is 7. The highest BCUT2D eigenvalue weighted by molar-refractivity contribution is 5.90. The van der Waals surface area contributed by atoms with Crippen LogP contribution in [0.15, 0.2) is 65.1 Å². The van der Waals surface area contributed by atoms with Crippen LogP contribution in [0.2, 0.25) is 0 Å². The first kappa shape index (κ1) is 21.0. The maximum absolute atomic E-state index is 11.1. The first-order valence-corrected chi connectivity index (χ1v) is 10.6. The highest BCUT2D eigenvalue weighted by Crippen LogP contribution is 2.32. The second-order valence-electron chi connectivity index (χ2n) is 7.81. The van der Waals surface area contributed by atoms with Gasteiger partial charge in [-0.25, -0.2) is 10.5 Å². The zero-order chi connectivity index (χ0) is 21.6. The molecule has 1 fully saturated rings. The Hall–Kier alpha value is -3.22. The zero-order valence-corrected chi connectivity index (χ0v) is 17.6. The van der Waals surface area contributed by atoms with Crippen LogP contribution in [-0.2, 0) is 11.2 Å². The van der Waals surface area contributed by atoms with Gasteiger partial charge in [-0.15, -0.1) is 0 Å². The largest absolute Gasteiger partial charge is 0.441 e. The fourth-order valence-corrected chi connectivity index (χ4v) is 4.12. The molecule has 1 atom stereocenters. The second-order valence-corrected chi connectivity index (χ2v) is 7.81. The molecule has 6 nitrogen and oxygen atoms in total. The monoisotopic (exact) mass is 417 g/mol. The van der Waals surface area contributed by atoms with E-state index in [0.717, 1.165) is 48.5 Å². The molecular weight excluding hydrogens is 390 g/mol. The number of likely N-dealkylation sites (tertiary alicyclic amines) is 1. The van der Waals surface area contributed by atoms with E-state index in [-0.39, 0.29) is 0 Å². The summed E-state index contributed by atoms with van der Waals surface area (Å²) in [7, 11) is 0. The average Bonchev–Trinajstić information content (AvgIpc) is 3.43. The second kappa shape index (κ2) is 9.73. The van der Waals surface area contributed by atoms with Crippen molar-refractivity contribution in [2.24, 2.45) is 0 Å².